The molecule has 2 aromatic carbocycles. The second-order valence-electron chi connectivity index (χ2n) is 7.93. The first-order valence-corrected chi connectivity index (χ1v) is 12.5. The molecule has 15 heteroatoms. The Kier molecular flexibility index (Phi) is 5.45. The molecule has 2 heterocycles. The molecule has 1 spiro atoms. The number of carbonyl (C=O) groups excluding carboxylic acids is 1. The van der Waals surface area contributed by atoms with Crippen LogP contribution in [0, 0.1) is 5.82 Å². The predicted octanol–water partition coefficient (Wildman–Crippen LogP) is 4.61. The number of sulfonamides is 1. The lowest BCUT2D eigenvalue weighted by Crippen LogP contribution is -2.31. The van der Waals surface area contributed by atoms with Gasteiger partial charge in [0.2, 0.25) is 11.0 Å². The van der Waals surface area contributed by atoms with E-state index in [9.17, 15) is 30.8 Å². The molecule has 184 valence electrons. The zero-order valence-electron chi connectivity index (χ0n) is 17.3. The summed E-state index contributed by atoms with van der Waals surface area (Å²) < 4.78 is 87.6. The van der Waals surface area contributed by atoms with Crippen LogP contribution in [0.2, 0.25) is 5.02 Å². The van der Waals surface area contributed by atoms with Gasteiger partial charge >= 0.3 is 6.36 Å². The van der Waals surface area contributed by atoms with Gasteiger partial charge in [0.1, 0.15) is 22.8 Å². The number of aromatic nitrogens is 2. The highest BCUT2D eigenvalue weighted by Gasteiger charge is 2.59. The normalized spacial score (nSPS) is 16.5. The molecule has 0 bridgehead atoms. The molecule has 1 saturated carbocycles. The Morgan fingerprint density at radius 3 is 2.60 bits per heavy atom. The maximum absolute atomic E-state index is 14.9. The Morgan fingerprint density at radius 2 is 1.97 bits per heavy atom. The molecule has 35 heavy (non-hydrogen) atoms. The van der Waals surface area contributed by atoms with Crippen LogP contribution < -0.4 is 14.4 Å². The summed E-state index contributed by atoms with van der Waals surface area (Å²) in [6.07, 6.45) is -2.86. The molecular formula is C20H13ClF4N4O4S2. The van der Waals surface area contributed by atoms with E-state index in [1.807, 2.05) is 0 Å². The summed E-state index contributed by atoms with van der Waals surface area (Å²) in [5.41, 5.74) is -0.0960. The summed E-state index contributed by atoms with van der Waals surface area (Å²) in [6, 6.07) is 5.43. The standard InChI is InChI=1S/C20H13ClF4N4O4S2/c21-13-7-16(35(31,32)28-18-26-9-27-34-18)14(22)5-10(13)8-29-15-2-1-11(33-20(23,24)25)6-12(15)19(3-4-19)17(29)30/h1-2,5-7,9H,3-4,8H2,(H,26,27,28). The number of nitrogens with zero attached hydrogens (tertiary/aromatic N) is 3. The number of benzene rings is 2. The van der Waals surface area contributed by atoms with E-state index in [2.05, 4.69) is 18.8 Å². The van der Waals surface area contributed by atoms with E-state index in [4.69, 9.17) is 11.6 Å². The number of hydrogen-bond donors (Lipinski definition) is 1. The van der Waals surface area contributed by atoms with Crippen LogP contribution in [-0.2, 0) is 26.8 Å². The zero-order chi connectivity index (χ0) is 25.2. The Labute approximate surface area is 204 Å². The van der Waals surface area contributed by atoms with Crippen molar-refractivity contribution in [3.8, 4) is 5.75 Å². The summed E-state index contributed by atoms with van der Waals surface area (Å²) in [5, 5.41) is -0.181. The smallest absolute Gasteiger partial charge is 0.406 e. The summed E-state index contributed by atoms with van der Waals surface area (Å²) in [5.74, 6) is -1.91. The van der Waals surface area contributed by atoms with Crippen molar-refractivity contribution in [2.75, 3.05) is 9.62 Å². The molecule has 1 aliphatic heterocycles. The first kappa shape index (κ1) is 23.8. The Hall–Kier alpha value is -2.97. The first-order chi connectivity index (χ1) is 16.4. The van der Waals surface area contributed by atoms with Gasteiger partial charge in [-0.3, -0.25) is 9.52 Å². The van der Waals surface area contributed by atoms with Crippen LogP contribution >= 0.6 is 23.1 Å². The van der Waals surface area contributed by atoms with Crippen molar-refractivity contribution in [2.45, 2.75) is 36.1 Å². The summed E-state index contributed by atoms with van der Waals surface area (Å²) in [6.45, 7) is -0.215. The van der Waals surface area contributed by atoms with Crippen molar-refractivity contribution in [3.63, 3.8) is 0 Å². The number of nitrogens with one attached hydrogen (secondary N) is 1. The molecule has 0 atom stereocenters. The number of rotatable bonds is 6. The molecule has 1 aliphatic carbocycles. The molecule has 3 aromatic rings. The van der Waals surface area contributed by atoms with Gasteiger partial charge in [0.15, 0.2) is 0 Å². The number of ether oxygens (including phenoxy) is 1. The summed E-state index contributed by atoms with van der Waals surface area (Å²) in [4.78, 5) is 17.4. The van der Waals surface area contributed by atoms with E-state index in [1.165, 1.54) is 17.0 Å². The van der Waals surface area contributed by atoms with Gasteiger partial charge in [0, 0.05) is 22.2 Å². The second kappa shape index (κ2) is 8.03. The third-order valence-corrected chi connectivity index (χ3v) is 8.13. The van der Waals surface area contributed by atoms with E-state index in [-0.39, 0.29) is 28.2 Å². The lowest BCUT2D eigenvalue weighted by Gasteiger charge is -2.20. The highest BCUT2D eigenvalue weighted by atomic mass is 35.5. The Bertz CT molecular complexity index is 1440. The first-order valence-electron chi connectivity index (χ1n) is 9.89. The third kappa shape index (κ3) is 4.29. The van der Waals surface area contributed by atoms with Crippen LogP contribution in [0.3, 0.4) is 0 Å². The Morgan fingerprint density at radius 1 is 1.23 bits per heavy atom. The van der Waals surface area contributed by atoms with Gasteiger partial charge in [-0.1, -0.05) is 11.6 Å². The minimum atomic E-state index is -4.88. The molecule has 1 N–H and O–H groups in total. The number of hydrogen-bond acceptors (Lipinski definition) is 7. The number of amides is 1. The highest BCUT2D eigenvalue weighted by Crippen LogP contribution is 2.58. The largest absolute Gasteiger partial charge is 0.573 e. The minimum absolute atomic E-state index is 0.0625. The minimum Gasteiger partial charge on any atom is -0.406 e. The van der Waals surface area contributed by atoms with Crippen molar-refractivity contribution in [3.05, 3.63) is 58.6 Å². The molecule has 0 saturated heterocycles. The van der Waals surface area contributed by atoms with Crippen LogP contribution in [0.5, 0.6) is 5.75 Å². The molecule has 1 fully saturated rings. The molecule has 5 rings (SSSR count). The fraction of sp³-hybridized carbons (Fsp3) is 0.250. The predicted molar refractivity (Wildman–Crippen MR) is 117 cm³/mol. The molecule has 2 aliphatic rings. The third-order valence-electron chi connectivity index (χ3n) is 5.71. The maximum Gasteiger partial charge on any atom is 0.573 e. The van der Waals surface area contributed by atoms with Crippen LogP contribution in [-0.4, -0.2) is 30.0 Å². The average Bonchev–Trinajstić information content (AvgIpc) is 3.36. The number of fused-ring (bicyclic) bond motifs is 2. The van der Waals surface area contributed by atoms with Crippen LogP contribution in [0.1, 0.15) is 24.0 Å². The summed E-state index contributed by atoms with van der Waals surface area (Å²) >= 11 is 7.02. The van der Waals surface area contributed by atoms with Crippen LogP contribution in [0.15, 0.2) is 41.6 Å². The quantitative estimate of drug-likeness (QED) is 0.452. The fourth-order valence-electron chi connectivity index (χ4n) is 4.03. The van der Waals surface area contributed by atoms with Gasteiger partial charge in [0.05, 0.1) is 12.0 Å². The van der Waals surface area contributed by atoms with E-state index in [0.29, 0.717) is 24.1 Å². The molecule has 0 radical (unpaired) electrons. The van der Waals surface area contributed by atoms with Crippen LogP contribution in [0.25, 0.3) is 0 Å². The highest BCUT2D eigenvalue weighted by molar-refractivity contribution is 7.93. The number of alkyl halides is 3. The second-order valence-corrected chi connectivity index (χ2v) is 10.8. The van der Waals surface area contributed by atoms with E-state index >= 15 is 0 Å². The zero-order valence-corrected chi connectivity index (χ0v) is 19.7. The van der Waals surface area contributed by atoms with Gasteiger partial charge in [-0.05, 0) is 54.3 Å². The Balaban J connectivity index is 1.45. The number of anilines is 2. The van der Waals surface area contributed by atoms with E-state index in [1.54, 1.807) is 0 Å². The number of halogens is 5. The fourth-order valence-corrected chi connectivity index (χ4v) is 6.07. The summed E-state index contributed by atoms with van der Waals surface area (Å²) in [7, 11) is -4.36. The SMILES string of the molecule is O=C1N(Cc2cc(F)c(S(=O)(=O)Nc3ncns3)cc2Cl)c2ccc(OC(F)(F)F)cc2C12CC2. The maximum atomic E-state index is 14.9. The monoisotopic (exact) mass is 548 g/mol. The van der Waals surface area contributed by atoms with Gasteiger partial charge in [-0.15, -0.1) is 13.2 Å². The topological polar surface area (TPSA) is 101 Å². The van der Waals surface area contributed by atoms with Gasteiger partial charge in [-0.2, -0.15) is 4.37 Å². The van der Waals surface area contributed by atoms with Gasteiger partial charge < -0.3 is 9.64 Å². The van der Waals surface area contributed by atoms with E-state index < -0.39 is 38.3 Å². The molecule has 1 amide bonds. The van der Waals surface area contributed by atoms with Crippen molar-refractivity contribution in [2.24, 2.45) is 0 Å². The lowest BCUT2D eigenvalue weighted by atomic mass is 9.98. The van der Waals surface area contributed by atoms with Gasteiger partial charge in [-0.25, -0.2) is 17.8 Å². The van der Waals surface area contributed by atoms with E-state index in [0.717, 1.165) is 36.1 Å². The molecule has 1 aromatic heterocycles. The van der Waals surface area contributed by atoms with Crippen molar-refractivity contribution < 1.29 is 35.5 Å². The van der Waals surface area contributed by atoms with Crippen LogP contribution in [0.4, 0.5) is 28.4 Å². The van der Waals surface area contributed by atoms with Crippen molar-refractivity contribution >= 4 is 49.9 Å². The molecular weight excluding hydrogens is 536 g/mol. The lowest BCUT2D eigenvalue weighted by molar-refractivity contribution is -0.274. The van der Waals surface area contributed by atoms with Crippen molar-refractivity contribution in [1.29, 1.82) is 0 Å². The molecule has 8 nitrogen and oxygen atoms in total. The molecule has 0 unspecified atom stereocenters. The number of carbonyl (C=O) groups is 1. The van der Waals surface area contributed by atoms with Gasteiger partial charge in [0.25, 0.3) is 10.0 Å². The average molecular weight is 549 g/mol. The van der Waals surface area contributed by atoms with Crippen molar-refractivity contribution in [1.82, 2.24) is 9.36 Å².